The van der Waals surface area contributed by atoms with E-state index < -0.39 is 0 Å². The molecule has 1 aromatic heterocycles. The average molecular weight is 346 g/mol. The Bertz CT molecular complexity index is 762. The number of hydrogen-bond donors (Lipinski definition) is 2. The number of nitrogens with one attached hydrogen (secondary N) is 2. The number of aromatic nitrogens is 3. The van der Waals surface area contributed by atoms with E-state index in [2.05, 4.69) is 15.5 Å². The summed E-state index contributed by atoms with van der Waals surface area (Å²) in [5.74, 6) is 0.784. The van der Waals surface area contributed by atoms with Crippen LogP contribution in [0.1, 0.15) is 37.9 Å². The van der Waals surface area contributed by atoms with Gasteiger partial charge in [0.05, 0.1) is 11.8 Å². The van der Waals surface area contributed by atoms with Crippen LogP contribution in [-0.4, -0.2) is 33.4 Å². The van der Waals surface area contributed by atoms with Gasteiger partial charge in [0.2, 0.25) is 5.91 Å². The molecule has 1 saturated heterocycles. The van der Waals surface area contributed by atoms with Gasteiger partial charge in [-0.3, -0.25) is 14.5 Å². The summed E-state index contributed by atoms with van der Waals surface area (Å²) in [6.07, 6.45) is 4.85. The lowest BCUT2D eigenvalue weighted by molar-refractivity contribution is -0.117. The number of carbonyl (C=O) groups excluding carboxylic acids is 1. The highest BCUT2D eigenvalue weighted by molar-refractivity contribution is 7.71. The van der Waals surface area contributed by atoms with Crippen molar-refractivity contribution < 1.29 is 9.53 Å². The number of aryl methyl sites for hydroxylation is 1. The van der Waals surface area contributed by atoms with Crippen LogP contribution in [0.4, 0.5) is 5.69 Å². The number of aromatic amines is 1. The Morgan fingerprint density at radius 2 is 2.38 bits per heavy atom. The number of hydrogen-bond acceptors (Lipinski definition) is 4. The molecule has 0 radical (unpaired) electrons. The van der Waals surface area contributed by atoms with Crippen LogP contribution in [-0.2, 0) is 9.53 Å². The fourth-order valence-electron chi connectivity index (χ4n) is 2.95. The summed E-state index contributed by atoms with van der Waals surface area (Å²) >= 11 is 5.24. The molecule has 128 valence electrons. The highest BCUT2D eigenvalue weighted by Gasteiger charge is 2.15. The number of benzene rings is 1. The van der Waals surface area contributed by atoms with Gasteiger partial charge >= 0.3 is 0 Å². The van der Waals surface area contributed by atoms with Gasteiger partial charge < -0.3 is 10.1 Å². The summed E-state index contributed by atoms with van der Waals surface area (Å²) in [6.45, 7) is 2.70. The topological polar surface area (TPSA) is 71.9 Å². The molecule has 24 heavy (non-hydrogen) atoms. The lowest BCUT2D eigenvalue weighted by Gasteiger charge is -2.22. The minimum absolute atomic E-state index is 0.00818. The van der Waals surface area contributed by atoms with Crippen molar-refractivity contribution in [2.75, 3.05) is 11.9 Å². The summed E-state index contributed by atoms with van der Waals surface area (Å²) in [7, 11) is 0. The molecule has 0 bridgehead atoms. The van der Waals surface area contributed by atoms with Crippen molar-refractivity contribution in [3.63, 3.8) is 0 Å². The van der Waals surface area contributed by atoms with Crippen molar-refractivity contribution in [3.05, 3.63) is 34.9 Å². The second-order valence-electron chi connectivity index (χ2n) is 6.04. The van der Waals surface area contributed by atoms with Crippen LogP contribution in [0.25, 0.3) is 5.69 Å². The first-order chi connectivity index (χ1) is 11.6. The van der Waals surface area contributed by atoms with Crippen molar-refractivity contribution in [3.8, 4) is 5.69 Å². The summed E-state index contributed by atoms with van der Waals surface area (Å²) < 4.78 is 8.03. The Morgan fingerprint density at radius 3 is 3.08 bits per heavy atom. The minimum atomic E-state index is 0.00818. The van der Waals surface area contributed by atoms with Gasteiger partial charge in [0, 0.05) is 18.7 Å². The second kappa shape index (κ2) is 7.72. The SMILES string of the molecule is Cc1n[nH]c(=S)n1-c1cccc(NC(=O)CC[C@H]2CCCCO2)c1. The van der Waals surface area contributed by atoms with E-state index in [0.717, 1.165) is 43.1 Å². The highest BCUT2D eigenvalue weighted by atomic mass is 32.1. The molecule has 1 fully saturated rings. The van der Waals surface area contributed by atoms with Crippen molar-refractivity contribution in [1.82, 2.24) is 14.8 Å². The van der Waals surface area contributed by atoms with E-state index in [1.807, 2.05) is 35.8 Å². The first-order valence-electron chi connectivity index (χ1n) is 8.29. The molecule has 2 heterocycles. The molecule has 3 rings (SSSR count). The van der Waals surface area contributed by atoms with Gasteiger partial charge in [0.15, 0.2) is 4.77 Å². The summed E-state index contributed by atoms with van der Waals surface area (Å²) in [6, 6.07) is 7.60. The van der Waals surface area contributed by atoms with Crippen LogP contribution in [0.15, 0.2) is 24.3 Å². The smallest absolute Gasteiger partial charge is 0.224 e. The molecule has 1 atom stereocenters. The van der Waals surface area contributed by atoms with Crippen molar-refractivity contribution in [1.29, 1.82) is 0 Å². The van der Waals surface area contributed by atoms with Gasteiger partial charge in [-0.2, -0.15) is 5.10 Å². The molecule has 1 aliphatic rings. The summed E-state index contributed by atoms with van der Waals surface area (Å²) in [5, 5.41) is 9.83. The Labute approximate surface area is 146 Å². The van der Waals surface area contributed by atoms with Gasteiger partial charge in [-0.05, 0) is 63.0 Å². The van der Waals surface area contributed by atoms with E-state index in [4.69, 9.17) is 17.0 Å². The maximum Gasteiger partial charge on any atom is 0.224 e. The number of carbonyl (C=O) groups is 1. The minimum Gasteiger partial charge on any atom is -0.378 e. The quantitative estimate of drug-likeness (QED) is 0.813. The Kier molecular flexibility index (Phi) is 5.42. The normalized spacial score (nSPS) is 17.6. The Balaban J connectivity index is 1.62. The van der Waals surface area contributed by atoms with Gasteiger partial charge in [0.1, 0.15) is 5.82 Å². The van der Waals surface area contributed by atoms with E-state index in [-0.39, 0.29) is 12.0 Å². The van der Waals surface area contributed by atoms with E-state index in [0.29, 0.717) is 11.2 Å². The van der Waals surface area contributed by atoms with Crippen LogP contribution < -0.4 is 5.32 Å². The molecule has 0 aliphatic carbocycles. The molecule has 0 saturated carbocycles. The zero-order valence-corrected chi connectivity index (χ0v) is 14.6. The maximum atomic E-state index is 12.2. The first-order valence-corrected chi connectivity index (χ1v) is 8.70. The third kappa shape index (κ3) is 4.10. The molecule has 0 unspecified atom stereocenters. The molecule has 6 nitrogen and oxygen atoms in total. The molecule has 2 aromatic rings. The lowest BCUT2D eigenvalue weighted by Crippen LogP contribution is -2.21. The predicted molar refractivity (Wildman–Crippen MR) is 94.9 cm³/mol. The molecule has 2 N–H and O–H groups in total. The number of nitrogens with zero attached hydrogens (tertiary/aromatic N) is 2. The Hall–Kier alpha value is -1.99. The molecular formula is C17H22N4O2S. The molecule has 1 aromatic carbocycles. The van der Waals surface area contributed by atoms with Crippen LogP contribution in [0.3, 0.4) is 0 Å². The highest BCUT2D eigenvalue weighted by Crippen LogP contribution is 2.19. The van der Waals surface area contributed by atoms with Crippen LogP contribution in [0.5, 0.6) is 0 Å². The Morgan fingerprint density at radius 1 is 1.50 bits per heavy atom. The van der Waals surface area contributed by atoms with E-state index >= 15 is 0 Å². The van der Waals surface area contributed by atoms with E-state index in [9.17, 15) is 4.79 Å². The summed E-state index contributed by atoms with van der Waals surface area (Å²) in [4.78, 5) is 12.2. The molecule has 7 heteroatoms. The average Bonchev–Trinajstić information content (AvgIpc) is 2.93. The fourth-order valence-corrected chi connectivity index (χ4v) is 3.24. The van der Waals surface area contributed by atoms with Crippen LogP contribution in [0, 0.1) is 11.7 Å². The second-order valence-corrected chi connectivity index (χ2v) is 6.42. The lowest BCUT2D eigenvalue weighted by atomic mass is 10.0. The number of amides is 1. The zero-order valence-electron chi connectivity index (χ0n) is 13.7. The number of anilines is 1. The van der Waals surface area contributed by atoms with E-state index in [1.165, 1.54) is 6.42 Å². The third-order valence-electron chi connectivity index (χ3n) is 4.20. The van der Waals surface area contributed by atoms with Gasteiger partial charge in [-0.25, -0.2) is 0 Å². The molecule has 0 spiro atoms. The monoisotopic (exact) mass is 346 g/mol. The van der Waals surface area contributed by atoms with Crippen LogP contribution >= 0.6 is 12.2 Å². The van der Waals surface area contributed by atoms with E-state index in [1.54, 1.807) is 0 Å². The maximum absolute atomic E-state index is 12.2. The van der Waals surface area contributed by atoms with Crippen molar-refractivity contribution in [2.24, 2.45) is 0 Å². The molecule has 1 amide bonds. The first kappa shape index (κ1) is 16.9. The predicted octanol–water partition coefficient (Wildman–Crippen LogP) is 3.53. The number of rotatable bonds is 5. The zero-order chi connectivity index (χ0) is 16.9. The van der Waals surface area contributed by atoms with Crippen LogP contribution in [0.2, 0.25) is 0 Å². The van der Waals surface area contributed by atoms with Gasteiger partial charge in [0.25, 0.3) is 0 Å². The molecule has 1 aliphatic heterocycles. The molecular weight excluding hydrogens is 324 g/mol. The standard InChI is InChI=1S/C17H22N4O2S/c1-12-19-20-17(24)21(12)14-6-4-5-13(11-14)18-16(22)9-8-15-7-2-3-10-23-15/h4-6,11,15H,2-3,7-10H2,1H3,(H,18,22)(H,20,24)/t15-/m1/s1. The van der Waals surface area contributed by atoms with Gasteiger partial charge in [-0.1, -0.05) is 6.07 Å². The number of ether oxygens (including phenoxy) is 1. The third-order valence-corrected chi connectivity index (χ3v) is 4.47. The largest absolute Gasteiger partial charge is 0.378 e. The van der Waals surface area contributed by atoms with Crippen molar-refractivity contribution >= 4 is 23.8 Å². The van der Waals surface area contributed by atoms with Crippen molar-refractivity contribution in [2.45, 2.75) is 45.1 Å². The summed E-state index contributed by atoms with van der Waals surface area (Å²) in [5.41, 5.74) is 1.63. The number of H-pyrrole nitrogens is 1. The van der Waals surface area contributed by atoms with Gasteiger partial charge in [-0.15, -0.1) is 0 Å². The fraction of sp³-hybridized carbons (Fsp3) is 0.471.